The van der Waals surface area contributed by atoms with E-state index in [4.69, 9.17) is 0 Å². The van der Waals surface area contributed by atoms with Crippen LogP contribution in [0.4, 0.5) is 0 Å². The van der Waals surface area contributed by atoms with E-state index in [9.17, 15) is 18.1 Å². The molecule has 0 fully saturated rings. The lowest BCUT2D eigenvalue weighted by atomic mass is 10.1. The third kappa shape index (κ3) is 7.77. The summed E-state index contributed by atoms with van der Waals surface area (Å²) in [7, 11) is -3.66. The fraction of sp³-hybridized carbons (Fsp3) is 0.571. The molecule has 1 aromatic rings. The summed E-state index contributed by atoms with van der Waals surface area (Å²) in [6.45, 7) is 5.72. The molecule has 1 aromatic carbocycles. The van der Waals surface area contributed by atoms with Crippen molar-refractivity contribution >= 4 is 21.0 Å². The van der Waals surface area contributed by atoms with Gasteiger partial charge in [-0.2, -0.15) is 0 Å². The lowest BCUT2D eigenvalue weighted by Gasteiger charge is -2.04. The first-order chi connectivity index (χ1) is 9.08. The van der Waals surface area contributed by atoms with Crippen LogP contribution in [0.15, 0.2) is 17.0 Å². The van der Waals surface area contributed by atoms with Crippen LogP contribution >= 0.6 is 0 Å². The lowest BCUT2D eigenvalue weighted by molar-refractivity contribution is 0.460. The van der Waals surface area contributed by atoms with Crippen LogP contribution < -0.4 is 0 Å². The summed E-state index contributed by atoms with van der Waals surface area (Å²) >= 11 is 0. The molecule has 1 rings (SSSR count). The zero-order chi connectivity index (χ0) is 15.9. The van der Waals surface area contributed by atoms with Gasteiger partial charge in [-0.25, -0.2) is 8.42 Å². The van der Waals surface area contributed by atoms with Crippen molar-refractivity contribution in [3.05, 3.63) is 23.3 Å². The highest BCUT2D eigenvalue weighted by Crippen LogP contribution is 2.25. The molecular weight excluding hydrogens is 296 g/mol. The average Bonchev–Trinajstić information content (AvgIpc) is 2.32. The third-order valence-corrected chi connectivity index (χ3v) is 4.65. The highest BCUT2D eigenvalue weighted by molar-refractivity contribution is 7.95. The predicted molar refractivity (Wildman–Crippen MR) is 84.5 cm³/mol. The molecule has 1 N–H and O–H groups in total. The van der Waals surface area contributed by atoms with Crippen LogP contribution in [0.25, 0.3) is 0 Å². The molecule has 0 aromatic heterocycles. The molecule has 0 bridgehead atoms. The smallest absolute Gasteiger partial charge is 0.155 e. The number of phenols is 1. The Hall–Kier alpha value is -0.720. The van der Waals surface area contributed by atoms with Gasteiger partial charge in [-0.3, -0.25) is 0 Å². The Morgan fingerprint density at radius 1 is 1.20 bits per heavy atom. The number of aromatic hydroxyl groups is 1. The zero-order valence-corrected chi connectivity index (χ0v) is 14.4. The minimum atomic E-state index is -3.94. The topological polar surface area (TPSA) is 77.4 Å². The van der Waals surface area contributed by atoms with Crippen LogP contribution in [-0.4, -0.2) is 36.3 Å². The number of benzene rings is 1. The van der Waals surface area contributed by atoms with E-state index in [1.54, 1.807) is 0 Å². The van der Waals surface area contributed by atoms with Gasteiger partial charge < -0.3 is 9.66 Å². The fourth-order valence-corrected chi connectivity index (χ4v) is 2.94. The Labute approximate surface area is 125 Å². The van der Waals surface area contributed by atoms with E-state index in [1.165, 1.54) is 4.90 Å². The summed E-state index contributed by atoms with van der Waals surface area (Å²) in [5.41, 5.74) is 1.96. The molecule has 0 aliphatic heterocycles. The molecule has 0 aliphatic carbocycles. The molecule has 116 valence electrons. The number of hydrogen-bond acceptors (Lipinski definition) is 4. The lowest BCUT2D eigenvalue weighted by Crippen LogP contribution is -2.02. The van der Waals surface area contributed by atoms with Gasteiger partial charge in [0, 0.05) is 16.6 Å². The highest BCUT2D eigenvalue weighted by Gasteiger charge is 2.11. The van der Waals surface area contributed by atoms with Crippen LogP contribution in [0.3, 0.4) is 0 Å². The second-order valence-corrected chi connectivity index (χ2v) is 8.47. The maximum absolute atomic E-state index is 9.83. The predicted octanol–water partition coefficient (Wildman–Crippen LogP) is 2.58. The van der Waals surface area contributed by atoms with Gasteiger partial charge in [-0.05, 0) is 43.5 Å². The van der Waals surface area contributed by atoms with Crippen molar-refractivity contribution in [1.82, 2.24) is 0 Å². The third-order valence-electron chi connectivity index (χ3n) is 2.68. The quantitative estimate of drug-likeness (QED) is 0.683. The van der Waals surface area contributed by atoms with Gasteiger partial charge >= 0.3 is 0 Å². The van der Waals surface area contributed by atoms with E-state index < -0.39 is 10.1 Å². The monoisotopic (exact) mass is 320 g/mol. The second kappa shape index (κ2) is 8.54. The van der Waals surface area contributed by atoms with E-state index in [2.05, 4.69) is 24.6 Å². The molecule has 0 unspecified atom stereocenters. The van der Waals surface area contributed by atoms with Crippen LogP contribution in [0, 0.1) is 13.8 Å². The SMILES string of the molecule is CCCCS(=O)(=O)[O-].Cc1cc([S+](C)C)cc(C)c1O. The first-order valence-corrected chi connectivity index (χ1v) is 10.0. The van der Waals surface area contributed by atoms with E-state index >= 15 is 0 Å². The fourth-order valence-electron chi connectivity index (χ4n) is 1.47. The number of phenolic OH excluding ortho intramolecular Hbond substituents is 1. The summed E-state index contributed by atoms with van der Waals surface area (Å²) in [6.07, 6.45) is 5.60. The molecule has 0 saturated carbocycles. The molecule has 0 aliphatic rings. The molecule has 0 amide bonds. The maximum atomic E-state index is 9.83. The van der Waals surface area contributed by atoms with Crippen molar-refractivity contribution in [2.24, 2.45) is 0 Å². The minimum Gasteiger partial charge on any atom is -0.748 e. The Morgan fingerprint density at radius 2 is 1.65 bits per heavy atom. The number of unbranched alkanes of at least 4 members (excludes halogenated alkanes) is 1. The van der Waals surface area contributed by atoms with Crippen LogP contribution in [0.1, 0.15) is 30.9 Å². The van der Waals surface area contributed by atoms with Crippen LogP contribution in [0.2, 0.25) is 0 Å². The van der Waals surface area contributed by atoms with Gasteiger partial charge in [0.2, 0.25) is 0 Å². The zero-order valence-electron chi connectivity index (χ0n) is 12.8. The van der Waals surface area contributed by atoms with Crippen LogP contribution in [-0.2, 0) is 21.0 Å². The molecule has 0 radical (unpaired) electrons. The van der Waals surface area contributed by atoms with E-state index in [0.717, 1.165) is 17.5 Å². The number of rotatable bonds is 4. The summed E-state index contributed by atoms with van der Waals surface area (Å²) in [5.74, 6) is 0.216. The Bertz CT molecular complexity index is 499. The van der Waals surface area contributed by atoms with Crippen molar-refractivity contribution in [1.29, 1.82) is 0 Å². The van der Waals surface area contributed by atoms with E-state index in [1.807, 2.05) is 20.8 Å². The molecule has 4 nitrogen and oxygen atoms in total. The van der Waals surface area contributed by atoms with Crippen molar-refractivity contribution in [2.75, 3.05) is 18.3 Å². The van der Waals surface area contributed by atoms with Gasteiger partial charge in [0.15, 0.2) is 4.90 Å². The molecule has 6 heteroatoms. The number of aryl methyl sites for hydroxylation is 2. The molecule has 0 spiro atoms. The largest absolute Gasteiger partial charge is 0.748 e. The Balaban J connectivity index is 0.000000396. The van der Waals surface area contributed by atoms with Gasteiger partial charge in [-0.1, -0.05) is 13.3 Å². The second-order valence-electron chi connectivity index (χ2n) is 4.84. The normalized spacial score (nSPS) is 11.2. The molecule has 0 saturated heterocycles. The van der Waals surface area contributed by atoms with Crippen molar-refractivity contribution < 1.29 is 18.1 Å². The molecule has 0 heterocycles. The maximum Gasteiger partial charge on any atom is 0.155 e. The summed E-state index contributed by atoms with van der Waals surface area (Å²) < 4.78 is 29.5. The minimum absolute atomic E-state index is 0.219. The van der Waals surface area contributed by atoms with Crippen molar-refractivity contribution in [3.63, 3.8) is 0 Å². The first-order valence-electron chi connectivity index (χ1n) is 6.39. The van der Waals surface area contributed by atoms with Gasteiger partial charge in [-0.15, -0.1) is 0 Å². The van der Waals surface area contributed by atoms with Crippen molar-refractivity contribution in [2.45, 2.75) is 38.5 Å². The van der Waals surface area contributed by atoms with Gasteiger partial charge in [0.1, 0.15) is 18.3 Å². The summed E-state index contributed by atoms with van der Waals surface area (Å²) in [5, 5.41) is 9.52. The van der Waals surface area contributed by atoms with Gasteiger partial charge in [0.25, 0.3) is 0 Å². The Morgan fingerprint density at radius 3 is 1.90 bits per heavy atom. The molecule has 0 atom stereocenters. The average molecular weight is 320 g/mol. The summed E-state index contributed by atoms with van der Waals surface area (Å²) in [4.78, 5) is 1.32. The van der Waals surface area contributed by atoms with Gasteiger partial charge in [0.05, 0.1) is 10.1 Å². The first kappa shape index (κ1) is 19.3. The van der Waals surface area contributed by atoms with E-state index in [0.29, 0.717) is 12.2 Å². The van der Waals surface area contributed by atoms with Crippen molar-refractivity contribution in [3.8, 4) is 5.75 Å². The number of hydrogen-bond donors (Lipinski definition) is 1. The van der Waals surface area contributed by atoms with E-state index in [-0.39, 0.29) is 16.6 Å². The standard InChI is InChI=1S/C10H14OS.C4H10O3S/c1-7-5-9(12(3)4)6-8(2)10(7)11;1-2-3-4-8(5,6)7/h5-6H,1-4H3;2-4H2,1H3,(H,5,6,7). The molecule has 20 heavy (non-hydrogen) atoms. The molecular formula is C14H24O4S2. The highest BCUT2D eigenvalue weighted by atomic mass is 32.2. The Kier molecular flexibility index (Phi) is 8.23. The van der Waals surface area contributed by atoms with Crippen LogP contribution in [0.5, 0.6) is 5.75 Å². The summed E-state index contributed by atoms with van der Waals surface area (Å²) in [6, 6.07) is 4.12.